The predicted octanol–water partition coefficient (Wildman–Crippen LogP) is 6.36. The lowest BCUT2D eigenvalue weighted by molar-refractivity contribution is -0.122. The maximum absolute atomic E-state index is 12.7. The van der Waals surface area contributed by atoms with Gasteiger partial charge in [0, 0.05) is 23.7 Å². The molecule has 2 aromatic rings. The van der Waals surface area contributed by atoms with E-state index in [2.05, 4.69) is 5.32 Å². The first-order valence-corrected chi connectivity index (χ1v) is 11.8. The summed E-state index contributed by atoms with van der Waals surface area (Å²) in [4.78, 5) is 27.2. The van der Waals surface area contributed by atoms with Crippen molar-refractivity contribution in [2.24, 2.45) is 0 Å². The minimum absolute atomic E-state index is 0.0187. The first-order chi connectivity index (χ1) is 14.8. The second-order valence-corrected chi connectivity index (χ2v) is 9.60. The lowest BCUT2D eigenvalue weighted by Gasteiger charge is -2.14. The third-order valence-electron chi connectivity index (χ3n) is 5.21. The topological polar surface area (TPSA) is 49.4 Å². The SMILES string of the molecule is Cc1cccc(NC(=O)CCCCCN2C(=O)/C(=C/c3ccc(Cl)cc3)SC2=S)c1C. The van der Waals surface area contributed by atoms with Crippen LogP contribution in [-0.4, -0.2) is 27.6 Å². The fourth-order valence-corrected chi connectivity index (χ4v) is 4.67. The Kier molecular flexibility index (Phi) is 8.29. The monoisotopic (exact) mass is 472 g/mol. The van der Waals surface area contributed by atoms with Crippen LogP contribution in [-0.2, 0) is 9.59 Å². The molecular formula is C24H25ClN2O2S2. The Hall–Kier alpha value is -2.15. The van der Waals surface area contributed by atoms with E-state index in [1.807, 2.05) is 50.3 Å². The van der Waals surface area contributed by atoms with Crippen molar-refractivity contribution < 1.29 is 9.59 Å². The first kappa shape index (κ1) is 23.5. The van der Waals surface area contributed by atoms with E-state index < -0.39 is 0 Å². The minimum Gasteiger partial charge on any atom is -0.326 e. The smallest absolute Gasteiger partial charge is 0.266 e. The standard InChI is InChI=1S/C24H25ClN2O2S2/c1-16-7-6-8-20(17(16)2)26-22(28)9-4-3-5-14-27-23(29)21(31-24(27)30)15-18-10-12-19(25)13-11-18/h6-8,10-13,15H,3-5,9,14H2,1-2H3,(H,26,28)/b21-15-. The third kappa shape index (κ3) is 6.42. The molecule has 0 unspecified atom stereocenters. The molecule has 0 atom stereocenters. The normalized spacial score (nSPS) is 15.1. The van der Waals surface area contributed by atoms with Crippen LogP contribution in [0.3, 0.4) is 0 Å². The summed E-state index contributed by atoms with van der Waals surface area (Å²) in [5.74, 6) is -0.0391. The molecule has 0 spiro atoms. The van der Waals surface area contributed by atoms with Crippen molar-refractivity contribution in [1.82, 2.24) is 4.90 Å². The average molecular weight is 473 g/mol. The molecule has 2 aromatic carbocycles. The van der Waals surface area contributed by atoms with E-state index in [0.29, 0.717) is 27.2 Å². The molecule has 0 aromatic heterocycles. The van der Waals surface area contributed by atoms with Gasteiger partial charge in [0.05, 0.1) is 4.91 Å². The number of amides is 2. The van der Waals surface area contributed by atoms with Gasteiger partial charge in [-0.3, -0.25) is 14.5 Å². The van der Waals surface area contributed by atoms with Crippen LogP contribution in [0, 0.1) is 13.8 Å². The molecule has 1 saturated heterocycles. The average Bonchev–Trinajstić information content (AvgIpc) is 3.00. The largest absolute Gasteiger partial charge is 0.326 e. The summed E-state index contributed by atoms with van der Waals surface area (Å²) in [6, 6.07) is 13.2. The Morgan fingerprint density at radius 2 is 1.87 bits per heavy atom. The molecule has 0 bridgehead atoms. The maximum atomic E-state index is 12.7. The maximum Gasteiger partial charge on any atom is 0.266 e. The summed E-state index contributed by atoms with van der Waals surface area (Å²) < 4.78 is 0.581. The van der Waals surface area contributed by atoms with Crippen LogP contribution in [0.2, 0.25) is 5.02 Å². The molecule has 2 amide bonds. The number of thiocarbonyl (C=S) groups is 1. The van der Waals surface area contributed by atoms with E-state index >= 15 is 0 Å². The summed E-state index contributed by atoms with van der Waals surface area (Å²) in [6.45, 7) is 4.61. The molecule has 3 rings (SSSR count). The summed E-state index contributed by atoms with van der Waals surface area (Å²) in [7, 11) is 0. The molecule has 0 saturated carbocycles. The lowest BCUT2D eigenvalue weighted by atomic mass is 10.1. The zero-order chi connectivity index (χ0) is 22.4. The zero-order valence-corrected chi connectivity index (χ0v) is 20.0. The Morgan fingerprint density at radius 3 is 2.61 bits per heavy atom. The summed E-state index contributed by atoms with van der Waals surface area (Å²) >= 11 is 12.6. The second-order valence-electron chi connectivity index (χ2n) is 7.49. The molecule has 7 heteroatoms. The second kappa shape index (κ2) is 10.9. The Morgan fingerprint density at radius 1 is 1.13 bits per heavy atom. The van der Waals surface area contributed by atoms with Crippen molar-refractivity contribution in [3.05, 3.63) is 69.1 Å². The van der Waals surface area contributed by atoms with Gasteiger partial charge < -0.3 is 5.32 Å². The van der Waals surface area contributed by atoms with Gasteiger partial charge in [-0.2, -0.15) is 0 Å². The Balaban J connectivity index is 1.42. The molecule has 31 heavy (non-hydrogen) atoms. The van der Waals surface area contributed by atoms with Gasteiger partial charge in [-0.25, -0.2) is 0 Å². The fourth-order valence-electron chi connectivity index (χ4n) is 3.23. The number of carbonyl (C=O) groups excluding carboxylic acids is 2. The third-order valence-corrected chi connectivity index (χ3v) is 6.84. The number of thioether (sulfide) groups is 1. The van der Waals surface area contributed by atoms with Gasteiger partial charge in [-0.1, -0.05) is 66.3 Å². The highest BCUT2D eigenvalue weighted by Gasteiger charge is 2.31. The van der Waals surface area contributed by atoms with Crippen LogP contribution in [0.1, 0.15) is 42.4 Å². The van der Waals surface area contributed by atoms with Gasteiger partial charge in [-0.15, -0.1) is 0 Å². The summed E-state index contributed by atoms with van der Waals surface area (Å²) in [6.07, 6.45) is 4.73. The number of aryl methyl sites for hydroxylation is 1. The van der Waals surface area contributed by atoms with Crippen LogP contribution in [0.25, 0.3) is 6.08 Å². The van der Waals surface area contributed by atoms with Gasteiger partial charge in [0.1, 0.15) is 4.32 Å². The van der Waals surface area contributed by atoms with Crippen molar-refractivity contribution in [3.8, 4) is 0 Å². The number of hydrogen-bond acceptors (Lipinski definition) is 4. The highest BCUT2D eigenvalue weighted by molar-refractivity contribution is 8.26. The van der Waals surface area contributed by atoms with E-state index in [0.717, 1.165) is 41.6 Å². The van der Waals surface area contributed by atoms with Crippen LogP contribution in [0.5, 0.6) is 0 Å². The van der Waals surface area contributed by atoms with Crippen molar-refractivity contribution in [3.63, 3.8) is 0 Å². The van der Waals surface area contributed by atoms with Crippen LogP contribution in [0.4, 0.5) is 5.69 Å². The molecule has 162 valence electrons. The van der Waals surface area contributed by atoms with Crippen molar-refractivity contribution in [2.75, 3.05) is 11.9 Å². The summed E-state index contributed by atoms with van der Waals surface area (Å²) in [5, 5.41) is 3.65. The molecule has 1 N–H and O–H groups in total. The highest BCUT2D eigenvalue weighted by atomic mass is 35.5. The van der Waals surface area contributed by atoms with E-state index in [1.165, 1.54) is 11.8 Å². The van der Waals surface area contributed by atoms with Gasteiger partial charge in [0.15, 0.2) is 0 Å². The number of hydrogen-bond donors (Lipinski definition) is 1. The molecular weight excluding hydrogens is 448 g/mol. The fraction of sp³-hybridized carbons (Fsp3) is 0.292. The van der Waals surface area contributed by atoms with E-state index in [-0.39, 0.29) is 11.8 Å². The van der Waals surface area contributed by atoms with Crippen molar-refractivity contribution in [1.29, 1.82) is 0 Å². The van der Waals surface area contributed by atoms with Crippen LogP contribution >= 0.6 is 35.6 Å². The lowest BCUT2D eigenvalue weighted by Crippen LogP contribution is -2.29. The first-order valence-electron chi connectivity index (χ1n) is 10.2. The van der Waals surface area contributed by atoms with E-state index in [4.69, 9.17) is 23.8 Å². The molecule has 1 fully saturated rings. The van der Waals surface area contributed by atoms with Crippen molar-refractivity contribution in [2.45, 2.75) is 39.5 Å². The number of anilines is 1. The van der Waals surface area contributed by atoms with Gasteiger partial charge in [-0.05, 0) is 67.7 Å². The van der Waals surface area contributed by atoms with E-state index in [1.54, 1.807) is 17.0 Å². The van der Waals surface area contributed by atoms with Crippen LogP contribution < -0.4 is 5.32 Å². The van der Waals surface area contributed by atoms with E-state index in [9.17, 15) is 9.59 Å². The number of benzene rings is 2. The summed E-state index contributed by atoms with van der Waals surface area (Å²) in [5.41, 5.74) is 4.04. The zero-order valence-electron chi connectivity index (χ0n) is 17.6. The molecule has 4 nitrogen and oxygen atoms in total. The molecule has 0 radical (unpaired) electrons. The molecule has 0 aliphatic carbocycles. The highest BCUT2D eigenvalue weighted by Crippen LogP contribution is 2.33. The van der Waals surface area contributed by atoms with Gasteiger partial charge in [0.25, 0.3) is 5.91 Å². The molecule has 1 aliphatic heterocycles. The molecule has 1 aliphatic rings. The van der Waals surface area contributed by atoms with Crippen molar-refractivity contribution >= 4 is 63.5 Å². The predicted molar refractivity (Wildman–Crippen MR) is 134 cm³/mol. The number of carbonyl (C=O) groups is 2. The van der Waals surface area contributed by atoms with Gasteiger partial charge >= 0.3 is 0 Å². The Labute approximate surface area is 198 Å². The minimum atomic E-state index is -0.0578. The quantitative estimate of drug-likeness (QED) is 0.276. The number of rotatable bonds is 8. The van der Waals surface area contributed by atoms with Gasteiger partial charge in [0.2, 0.25) is 5.91 Å². The Bertz CT molecular complexity index is 1020. The number of unbranched alkanes of at least 4 members (excludes halogenated alkanes) is 2. The number of halogens is 1. The number of nitrogens with zero attached hydrogens (tertiary/aromatic N) is 1. The molecule has 1 heterocycles. The van der Waals surface area contributed by atoms with Crippen LogP contribution in [0.15, 0.2) is 47.4 Å². The number of nitrogens with one attached hydrogen (secondary N) is 1.